The van der Waals surface area contributed by atoms with Gasteiger partial charge in [-0.1, -0.05) is 25.7 Å². The van der Waals surface area contributed by atoms with E-state index < -0.39 is 16.4 Å². The molecule has 10 heterocycles. The van der Waals surface area contributed by atoms with Crippen LogP contribution in [0.3, 0.4) is 0 Å². The Morgan fingerprint density at radius 3 is 1.74 bits per heavy atom. The Labute approximate surface area is 430 Å². The molecule has 4 aliphatic heterocycles. The highest BCUT2D eigenvalue weighted by Crippen LogP contribution is 2.42. The number of nitrogen functional groups attached to an aromatic ring is 1. The molecule has 2 aliphatic carbocycles. The number of likely N-dealkylation sites (tertiary alicyclic amines) is 1. The number of nitrogens with zero attached hydrogens (tertiary/aromatic N) is 13. The molecular formula is C52H60N16O5S. The zero-order valence-corrected chi connectivity index (χ0v) is 42.9. The molecule has 6 aromatic heterocycles. The van der Waals surface area contributed by atoms with Crippen molar-refractivity contribution < 1.29 is 13.7 Å². The molecule has 2 spiro atoms. The van der Waals surface area contributed by atoms with Crippen molar-refractivity contribution in [3.8, 4) is 12.1 Å². The maximum atomic E-state index is 12.9. The van der Waals surface area contributed by atoms with Crippen molar-refractivity contribution in [3.63, 3.8) is 0 Å². The van der Waals surface area contributed by atoms with Gasteiger partial charge in [0, 0.05) is 105 Å². The van der Waals surface area contributed by atoms with Crippen LogP contribution in [0.15, 0.2) is 75.9 Å². The first-order valence-corrected chi connectivity index (χ1v) is 26.7. The number of pyridine rings is 4. The van der Waals surface area contributed by atoms with Crippen molar-refractivity contribution in [1.29, 1.82) is 10.5 Å². The number of amides is 1. The van der Waals surface area contributed by atoms with Crippen molar-refractivity contribution in [2.45, 2.75) is 95.0 Å². The largest absolute Gasteiger partial charge is 0.444 e. The van der Waals surface area contributed by atoms with Crippen LogP contribution in [0.25, 0.3) is 22.1 Å². The van der Waals surface area contributed by atoms with Gasteiger partial charge in [-0.3, -0.25) is 22.9 Å². The van der Waals surface area contributed by atoms with Crippen LogP contribution in [0.4, 0.5) is 33.8 Å². The summed E-state index contributed by atoms with van der Waals surface area (Å²) in [5, 5.41) is 26.6. The van der Waals surface area contributed by atoms with Crippen LogP contribution in [0, 0.1) is 33.5 Å². The molecule has 74 heavy (non-hydrogen) atoms. The lowest BCUT2D eigenvalue weighted by Crippen LogP contribution is -2.73. The second-order valence-corrected chi connectivity index (χ2v) is 22.8. The summed E-state index contributed by atoms with van der Waals surface area (Å²) in [5.74, 6) is 2.34. The number of rotatable bonds is 7. The van der Waals surface area contributed by atoms with Crippen LogP contribution < -0.4 is 37.3 Å². The van der Waals surface area contributed by atoms with E-state index in [1.54, 1.807) is 38.7 Å². The van der Waals surface area contributed by atoms with Crippen LogP contribution in [0.5, 0.6) is 0 Å². The minimum atomic E-state index is -1.31. The summed E-state index contributed by atoms with van der Waals surface area (Å²) in [4.78, 5) is 69.9. The fourth-order valence-electron chi connectivity index (χ4n) is 10.9. The number of aromatic nitrogens is 8. The molecule has 1 unspecified atom stereocenters. The molecule has 6 aromatic rings. The lowest BCUT2D eigenvalue weighted by Gasteiger charge is -2.60. The molecule has 22 heteroatoms. The molecule has 21 nitrogen and oxygen atoms in total. The topological polar surface area (TPSA) is 272 Å². The van der Waals surface area contributed by atoms with E-state index in [-0.39, 0.29) is 51.0 Å². The molecular weight excluding hydrogens is 961 g/mol. The van der Waals surface area contributed by atoms with Gasteiger partial charge in [0.25, 0.3) is 11.1 Å². The Morgan fingerprint density at radius 1 is 0.743 bits per heavy atom. The maximum absolute atomic E-state index is 12.9. The fraction of sp³-hybridized carbons (Fsp3) is 0.481. The predicted molar refractivity (Wildman–Crippen MR) is 281 cm³/mol. The van der Waals surface area contributed by atoms with Gasteiger partial charge in [0.2, 0.25) is 11.1 Å². The van der Waals surface area contributed by atoms with Gasteiger partial charge in [-0.05, 0) is 82.9 Å². The molecule has 0 radical (unpaired) electrons. The van der Waals surface area contributed by atoms with E-state index in [0.29, 0.717) is 39.1 Å². The average Bonchev–Trinajstić information content (AvgIpc) is 4.06. The summed E-state index contributed by atoms with van der Waals surface area (Å²) in [6.45, 7) is 13.4. The van der Waals surface area contributed by atoms with Crippen LogP contribution in [0.2, 0.25) is 0 Å². The third kappa shape index (κ3) is 10.2. The number of fused-ring (bicyclic) bond motifs is 2. The SMILES string of the molecule is CC(C)(C)OC(=O)N1CC2(C1)CN(c1ccc(N)cn1)C2.CS(=O)c1ncc2cc(C#N)c(=O)n(C3CCCC3)c2n1.N#Cc1cc2cnc(Nc3ccc(N4CC5(CNC5)C4)nc3)nc2n(C2CCCC2)c1=O. The highest BCUT2D eigenvalue weighted by molar-refractivity contribution is 7.84. The molecule has 384 valence electrons. The van der Waals surface area contributed by atoms with Crippen molar-refractivity contribution in [2.24, 2.45) is 10.8 Å². The maximum Gasteiger partial charge on any atom is 0.410 e. The van der Waals surface area contributed by atoms with E-state index >= 15 is 0 Å². The first-order chi connectivity index (χ1) is 35.5. The third-order valence-electron chi connectivity index (χ3n) is 14.6. The van der Waals surface area contributed by atoms with Gasteiger partial charge in [0.05, 0.1) is 34.6 Å². The third-order valence-corrected chi connectivity index (χ3v) is 15.3. The predicted octanol–water partition coefficient (Wildman–Crippen LogP) is 5.56. The summed E-state index contributed by atoms with van der Waals surface area (Å²) in [6.07, 6.45) is 15.9. The number of nitrogens with one attached hydrogen (secondary N) is 2. The number of ether oxygens (including phenoxy) is 1. The molecule has 12 rings (SSSR count). The van der Waals surface area contributed by atoms with Crippen molar-refractivity contribution in [2.75, 3.05) is 79.5 Å². The van der Waals surface area contributed by atoms with Crippen LogP contribution in [0.1, 0.15) is 95.3 Å². The Hall–Kier alpha value is -7.56. The van der Waals surface area contributed by atoms with Gasteiger partial charge in [-0.25, -0.2) is 29.7 Å². The van der Waals surface area contributed by atoms with Crippen molar-refractivity contribution in [1.82, 2.24) is 49.3 Å². The van der Waals surface area contributed by atoms with Crippen molar-refractivity contribution >= 4 is 67.9 Å². The van der Waals surface area contributed by atoms with E-state index in [9.17, 15) is 23.9 Å². The molecule has 4 N–H and O–H groups in total. The molecule has 6 aliphatic rings. The van der Waals surface area contributed by atoms with E-state index in [1.165, 1.54) is 18.5 Å². The van der Waals surface area contributed by atoms with Gasteiger partial charge in [0.1, 0.15) is 51.8 Å². The number of hydrogen-bond donors (Lipinski definition) is 3. The minimum absolute atomic E-state index is 0.0568. The quantitative estimate of drug-likeness (QED) is 0.165. The molecule has 6 fully saturated rings. The molecule has 0 aromatic carbocycles. The lowest BCUT2D eigenvalue weighted by atomic mass is 9.73. The standard InChI is InChI=1S/C23H24N8O.C15H22N4O2.C14H14N4O2S/c24-8-15-7-16-9-27-22(29-20(16)31(21(15)32)18-3-1-2-4-18)28-17-5-6-19(26-10-17)30-13-23(14-30)11-25-12-23;1-14(2,3)21-13(20)19-9-15(10-19)7-18(8-15)12-5-4-11(16)6-17-12;1-21(20)14-16-8-10-6-9(7-15)13(19)18(12(10)17-14)11-4-2-3-5-11/h5-7,9-10,18,25H,1-4,11-14H2,(H,27,28,29);4-6H,7-10,16H2,1-3H3;6,8,11H,2-5H2,1H3. The average molecular weight is 1020 g/mol. The van der Waals surface area contributed by atoms with Crippen LogP contribution in [-0.2, 0) is 15.5 Å². The molecule has 1 atom stereocenters. The first kappa shape index (κ1) is 50.0. The number of carbonyl (C=O) groups excluding carboxylic acids is 1. The smallest absolute Gasteiger partial charge is 0.410 e. The van der Waals surface area contributed by atoms with Crippen molar-refractivity contribution in [3.05, 3.63) is 93.0 Å². The van der Waals surface area contributed by atoms with E-state index in [4.69, 9.17) is 15.7 Å². The molecule has 4 saturated heterocycles. The zero-order chi connectivity index (χ0) is 51.9. The Morgan fingerprint density at radius 2 is 1.27 bits per heavy atom. The number of hydrogen-bond acceptors (Lipinski definition) is 18. The number of nitrogens with two attached hydrogens (primary N) is 1. The van der Waals surface area contributed by atoms with Crippen LogP contribution in [-0.4, -0.2) is 118 Å². The molecule has 2 saturated carbocycles. The summed E-state index contributed by atoms with van der Waals surface area (Å²) < 4.78 is 20.2. The molecule has 1 amide bonds. The summed E-state index contributed by atoms with van der Waals surface area (Å²) in [5.41, 5.74) is 8.06. The number of anilines is 5. The van der Waals surface area contributed by atoms with Crippen LogP contribution >= 0.6 is 0 Å². The summed E-state index contributed by atoms with van der Waals surface area (Å²) in [7, 11) is -1.31. The van der Waals surface area contributed by atoms with Gasteiger partial charge in [-0.15, -0.1) is 0 Å². The Kier molecular flexibility index (Phi) is 13.5. The van der Waals surface area contributed by atoms with Gasteiger partial charge in [-0.2, -0.15) is 15.5 Å². The fourth-order valence-corrected chi connectivity index (χ4v) is 11.3. The first-order valence-electron chi connectivity index (χ1n) is 25.1. The van der Waals surface area contributed by atoms with Gasteiger partial charge < -0.3 is 35.8 Å². The van der Waals surface area contributed by atoms with E-state index in [2.05, 4.69) is 50.3 Å². The Balaban J connectivity index is 0.000000132. The monoisotopic (exact) mass is 1020 g/mol. The molecule has 0 bridgehead atoms. The minimum Gasteiger partial charge on any atom is -0.444 e. The number of nitriles is 2. The number of carbonyl (C=O) groups is 1. The zero-order valence-electron chi connectivity index (χ0n) is 42.1. The second-order valence-electron chi connectivity index (χ2n) is 21.6. The summed E-state index contributed by atoms with van der Waals surface area (Å²) >= 11 is 0. The van der Waals surface area contributed by atoms with Gasteiger partial charge in [0.15, 0.2) is 0 Å². The van der Waals surface area contributed by atoms with E-state index in [0.717, 1.165) is 121 Å². The highest BCUT2D eigenvalue weighted by Gasteiger charge is 2.54. The highest BCUT2D eigenvalue weighted by atomic mass is 32.2. The summed E-state index contributed by atoms with van der Waals surface area (Å²) in [6, 6.07) is 15.0. The van der Waals surface area contributed by atoms with Gasteiger partial charge >= 0.3 is 6.09 Å². The lowest BCUT2D eigenvalue weighted by molar-refractivity contribution is -0.0454. The Bertz CT molecular complexity index is 3330. The van der Waals surface area contributed by atoms with E-state index in [1.807, 2.05) is 57.2 Å². The normalized spacial score (nSPS) is 18.9. The second kappa shape index (κ2) is 20.0.